The summed E-state index contributed by atoms with van der Waals surface area (Å²) < 4.78 is 26.9. The summed E-state index contributed by atoms with van der Waals surface area (Å²) in [6.45, 7) is -0.127. The van der Waals surface area contributed by atoms with E-state index in [0.717, 1.165) is 0 Å². The lowest BCUT2D eigenvalue weighted by atomic mass is 9.96. The molecule has 0 aromatic heterocycles. The van der Waals surface area contributed by atoms with E-state index < -0.39 is 105 Å². The van der Waals surface area contributed by atoms with Crippen molar-refractivity contribution in [2.75, 3.05) is 13.2 Å². The number of rotatable bonds is 6. The third-order valence-corrected chi connectivity index (χ3v) is 6.05. The molecule has 3 fully saturated rings. The van der Waals surface area contributed by atoms with Gasteiger partial charge in [0.1, 0.15) is 67.1 Å². The van der Waals surface area contributed by atoms with E-state index in [1.807, 2.05) is 0 Å². The van der Waals surface area contributed by atoms with Crippen molar-refractivity contribution >= 4 is 0 Å². The Kier molecular flexibility index (Phi) is 8.99. The predicted molar refractivity (Wildman–Crippen MR) is 99.8 cm³/mol. The number of ether oxygens (including phenoxy) is 5. The van der Waals surface area contributed by atoms with Crippen molar-refractivity contribution in [3.8, 4) is 0 Å². The molecule has 194 valence electrons. The van der Waals surface area contributed by atoms with Crippen LogP contribution in [0.1, 0.15) is 6.92 Å². The largest absolute Gasteiger partial charge is 0.394 e. The molecule has 3 aliphatic rings. The van der Waals surface area contributed by atoms with Crippen molar-refractivity contribution in [1.82, 2.24) is 0 Å². The van der Waals surface area contributed by atoms with Crippen molar-refractivity contribution in [1.29, 1.82) is 0 Å². The topological polar surface area (TPSA) is 248 Å². The first kappa shape index (κ1) is 27.0. The SMILES string of the molecule is C[C@@H]1O[C@@H](O[C@H]2[C@@H](O[C@@H]3O[C@@H](CO)[C@H](O)[C@@H](O)[C@@H]3O)[C@@H](CO)OC(O)[C@@H]2O)[C@H](O)[C@H](O)[C@H]1O. The molecule has 0 aliphatic carbocycles. The monoisotopic (exact) mass is 488 g/mol. The van der Waals surface area contributed by atoms with E-state index >= 15 is 0 Å². The van der Waals surface area contributed by atoms with Crippen LogP contribution in [0.5, 0.6) is 0 Å². The average molecular weight is 488 g/mol. The van der Waals surface area contributed by atoms with E-state index in [1.165, 1.54) is 6.92 Å². The molecule has 0 bridgehead atoms. The third-order valence-electron chi connectivity index (χ3n) is 6.05. The highest BCUT2D eigenvalue weighted by molar-refractivity contribution is 4.96. The Morgan fingerprint density at radius 3 is 1.64 bits per heavy atom. The Bertz CT molecular complexity index is 624. The Hall–Kier alpha value is -0.600. The van der Waals surface area contributed by atoms with Gasteiger partial charge in [0, 0.05) is 0 Å². The standard InChI is InChI=1S/C18H32O15/c1-4-7(21)9(23)11(25)17(29-4)33-15-13(27)16(28)30-6(3-20)14(15)32-18-12(26)10(24)8(22)5(2-19)31-18/h4-28H,2-3H2,1H3/t4-,5-,6+,7-,8-,9+,10+,11+,12-,13+,14-,15+,16?,17-,18-/m0/s1. The van der Waals surface area contributed by atoms with Crippen LogP contribution in [-0.2, 0) is 23.7 Å². The van der Waals surface area contributed by atoms with Crippen molar-refractivity contribution in [3.63, 3.8) is 0 Å². The van der Waals surface area contributed by atoms with Gasteiger partial charge >= 0.3 is 0 Å². The van der Waals surface area contributed by atoms with Crippen LogP contribution in [0.2, 0.25) is 0 Å². The quantitative estimate of drug-likeness (QED) is 0.167. The van der Waals surface area contributed by atoms with Gasteiger partial charge in [-0.25, -0.2) is 0 Å². The summed E-state index contributed by atoms with van der Waals surface area (Å²) in [6.07, 6.45) is -24.0. The van der Waals surface area contributed by atoms with Crippen LogP contribution in [0.15, 0.2) is 0 Å². The minimum Gasteiger partial charge on any atom is -0.394 e. The molecule has 0 aromatic rings. The van der Waals surface area contributed by atoms with Crippen LogP contribution < -0.4 is 0 Å². The molecule has 10 N–H and O–H groups in total. The van der Waals surface area contributed by atoms with Crippen LogP contribution >= 0.6 is 0 Å². The van der Waals surface area contributed by atoms with E-state index in [2.05, 4.69) is 0 Å². The molecule has 3 rings (SSSR count). The molecule has 0 spiro atoms. The summed E-state index contributed by atoms with van der Waals surface area (Å²) in [4.78, 5) is 0. The highest BCUT2D eigenvalue weighted by Crippen LogP contribution is 2.32. The molecule has 0 amide bonds. The highest BCUT2D eigenvalue weighted by atomic mass is 16.8. The lowest BCUT2D eigenvalue weighted by molar-refractivity contribution is -0.382. The lowest BCUT2D eigenvalue weighted by Crippen LogP contribution is -2.66. The fourth-order valence-corrected chi connectivity index (χ4v) is 3.99. The number of hydrogen-bond donors (Lipinski definition) is 10. The van der Waals surface area contributed by atoms with Gasteiger partial charge in [0.15, 0.2) is 18.9 Å². The summed E-state index contributed by atoms with van der Waals surface area (Å²) in [5.74, 6) is 0. The Balaban J connectivity index is 1.83. The van der Waals surface area contributed by atoms with Gasteiger partial charge in [-0.1, -0.05) is 0 Å². The van der Waals surface area contributed by atoms with Gasteiger partial charge in [-0.2, -0.15) is 0 Å². The maximum atomic E-state index is 10.5. The molecule has 15 nitrogen and oxygen atoms in total. The number of aliphatic hydroxyl groups excluding tert-OH is 10. The van der Waals surface area contributed by atoms with Crippen molar-refractivity contribution in [3.05, 3.63) is 0 Å². The number of hydrogen-bond acceptors (Lipinski definition) is 15. The molecule has 0 saturated carbocycles. The molecule has 0 radical (unpaired) electrons. The Morgan fingerprint density at radius 2 is 1.06 bits per heavy atom. The maximum Gasteiger partial charge on any atom is 0.187 e. The first-order valence-electron chi connectivity index (χ1n) is 10.4. The first-order chi connectivity index (χ1) is 15.5. The summed E-state index contributed by atoms with van der Waals surface area (Å²) >= 11 is 0. The smallest absolute Gasteiger partial charge is 0.187 e. The zero-order chi connectivity index (χ0) is 24.6. The summed E-state index contributed by atoms with van der Waals surface area (Å²) in [5, 5.41) is 99.8. The van der Waals surface area contributed by atoms with E-state index in [9.17, 15) is 51.1 Å². The Morgan fingerprint density at radius 1 is 0.545 bits per heavy atom. The summed E-state index contributed by atoms with van der Waals surface area (Å²) in [6, 6.07) is 0. The minimum atomic E-state index is -1.88. The molecule has 3 heterocycles. The molecule has 33 heavy (non-hydrogen) atoms. The van der Waals surface area contributed by atoms with Gasteiger partial charge < -0.3 is 74.7 Å². The predicted octanol–water partition coefficient (Wildman–Crippen LogP) is -6.55. The fraction of sp³-hybridized carbons (Fsp3) is 1.00. The summed E-state index contributed by atoms with van der Waals surface area (Å²) in [5.41, 5.74) is 0. The van der Waals surface area contributed by atoms with E-state index in [1.54, 1.807) is 0 Å². The van der Waals surface area contributed by atoms with Crippen LogP contribution in [0.25, 0.3) is 0 Å². The second-order valence-electron chi connectivity index (χ2n) is 8.32. The van der Waals surface area contributed by atoms with Crippen molar-refractivity contribution in [2.24, 2.45) is 0 Å². The first-order valence-corrected chi connectivity index (χ1v) is 10.4. The van der Waals surface area contributed by atoms with E-state index in [-0.39, 0.29) is 0 Å². The molecular formula is C18H32O15. The molecule has 3 aliphatic heterocycles. The minimum absolute atomic E-state index is 0.739. The van der Waals surface area contributed by atoms with Gasteiger partial charge in [-0.15, -0.1) is 0 Å². The molecule has 0 aromatic carbocycles. The molecular weight excluding hydrogens is 456 g/mol. The van der Waals surface area contributed by atoms with Gasteiger partial charge in [-0.3, -0.25) is 0 Å². The van der Waals surface area contributed by atoms with Crippen LogP contribution in [0.3, 0.4) is 0 Å². The molecule has 15 atom stereocenters. The molecule has 3 saturated heterocycles. The van der Waals surface area contributed by atoms with Crippen LogP contribution in [-0.4, -0.2) is 156 Å². The van der Waals surface area contributed by atoms with Gasteiger partial charge in [0.05, 0.1) is 19.3 Å². The maximum absolute atomic E-state index is 10.5. The van der Waals surface area contributed by atoms with Gasteiger partial charge in [0.25, 0.3) is 0 Å². The molecule has 15 heteroatoms. The summed E-state index contributed by atoms with van der Waals surface area (Å²) in [7, 11) is 0. The number of aliphatic hydroxyl groups is 10. The van der Waals surface area contributed by atoms with E-state index in [0.29, 0.717) is 0 Å². The zero-order valence-electron chi connectivity index (χ0n) is 17.6. The van der Waals surface area contributed by atoms with Gasteiger partial charge in [0.2, 0.25) is 0 Å². The lowest BCUT2D eigenvalue weighted by Gasteiger charge is -2.48. The second-order valence-corrected chi connectivity index (χ2v) is 8.32. The normalized spacial score (nSPS) is 53.7. The van der Waals surface area contributed by atoms with E-state index in [4.69, 9.17) is 23.7 Å². The fourth-order valence-electron chi connectivity index (χ4n) is 3.99. The van der Waals surface area contributed by atoms with Crippen molar-refractivity contribution < 1.29 is 74.7 Å². The van der Waals surface area contributed by atoms with Gasteiger partial charge in [-0.05, 0) is 6.92 Å². The van der Waals surface area contributed by atoms with Crippen LogP contribution in [0.4, 0.5) is 0 Å². The third kappa shape index (κ3) is 5.32. The van der Waals surface area contributed by atoms with Crippen molar-refractivity contribution in [2.45, 2.75) is 99.0 Å². The van der Waals surface area contributed by atoms with Crippen LogP contribution in [0, 0.1) is 0 Å². The highest BCUT2D eigenvalue weighted by Gasteiger charge is 2.53. The zero-order valence-corrected chi connectivity index (χ0v) is 17.6. The average Bonchev–Trinajstić information content (AvgIpc) is 2.80. The second kappa shape index (κ2) is 11.0. The molecule has 1 unspecified atom stereocenters. The Labute approximate surface area is 187 Å².